The van der Waals surface area contributed by atoms with Crippen LogP contribution in [0.3, 0.4) is 0 Å². The number of rotatable bonds is 3. The molecule has 0 fully saturated rings. The number of nitrogens with zero attached hydrogens (tertiary/aromatic N) is 4. The van der Waals surface area contributed by atoms with Crippen molar-refractivity contribution in [3.8, 4) is 17.1 Å². The topological polar surface area (TPSA) is 19.1 Å². The number of hydrogen-bond acceptors (Lipinski definition) is 0. The van der Waals surface area contributed by atoms with Crippen LogP contribution in [0.5, 0.6) is 0 Å². The summed E-state index contributed by atoms with van der Waals surface area (Å²) in [6.45, 7) is 8.05. The van der Waals surface area contributed by atoms with Crippen molar-refractivity contribution in [3.05, 3.63) is 169 Å². The van der Waals surface area contributed by atoms with Crippen LogP contribution in [-0.2, 0) is 0 Å². The molecule has 0 radical (unpaired) electrons. The fraction of sp³-hybridized carbons (Fsp3) is 0. The molecule has 0 aliphatic rings. The lowest BCUT2D eigenvalue weighted by Crippen LogP contribution is -2.00. The van der Waals surface area contributed by atoms with Gasteiger partial charge in [-0.15, -0.1) is 0 Å². The van der Waals surface area contributed by atoms with Gasteiger partial charge < -0.3 is 13.7 Å². The van der Waals surface area contributed by atoms with Gasteiger partial charge in [0.15, 0.2) is 5.69 Å². The summed E-state index contributed by atoms with van der Waals surface area (Å²) in [5.74, 6) is 0. The second-order valence-corrected chi connectivity index (χ2v) is 12.0. The standard InChI is InChI=1S/C43H26N4/c1-44-34-21-13-24-37-40(34)33-26-27-38-41(43(33)46(37)29-16-6-3-7-17-29)32-19-9-11-23-36(32)47(38)39-25-12-20-31-30-18-8-10-22-35(30)45(42(31)39)28-14-4-2-5-15-28/h2-27H. The van der Waals surface area contributed by atoms with E-state index < -0.39 is 0 Å². The number of fused-ring (bicyclic) bond motifs is 10. The van der Waals surface area contributed by atoms with Gasteiger partial charge in [-0.3, -0.25) is 0 Å². The molecule has 4 heteroatoms. The SMILES string of the molecule is [C-]#[N+]c1cccc2c1c1ccc3c(c4ccccc4n3-c3cccc4c5ccccc5n(-c5ccccc5)c34)c1n2-c1ccccc1. The zero-order chi connectivity index (χ0) is 31.1. The minimum Gasteiger partial charge on any atom is -0.310 e. The van der Waals surface area contributed by atoms with Crippen LogP contribution in [0.25, 0.3) is 87.3 Å². The van der Waals surface area contributed by atoms with Crippen molar-refractivity contribution in [2.24, 2.45) is 0 Å². The van der Waals surface area contributed by atoms with E-state index in [-0.39, 0.29) is 0 Å². The first-order chi connectivity index (χ1) is 23.3. The van der Waals surface area contributed by atoms with E-state index in [0.29, 0.717) is 5.69 Å². The van der Waals surface area contributed by atoms with Crippen LogP contribution in [-0.4, -0.2) is 13.7 Å². The Kier molecular flexibility index (Phi) is 5.32. The Bertz CT molecular complexity index is 2900. The van der Waals surface area contributed by atoms with Crippen molar-refractivity contribution in [1.82, 2.24) is 13.7 Å². The second kappa shape index (κ2) is 9.71. The molecule has 7 aromatic carbocycles. The third-order valence-electron chi connectivity index (χ3n) is 9.63. The van der Waals surface area contributed by atoms with Crippen LogP contribution in [0, 0.1) is 6.57 Å². The summed E-state index contributed by atoms with van der Waals surface area (Å²) >= 11 is 0. The van der Waals surface area contributed by atoms with Crippen LogP contribution < -0.4 is 0 Å². The van der Waals surface area contributed by atoms with Gasteiger partial charge in [-0.2, -0.15) is 0 Å². The lowest BCUT2D eigenvalue weighted by Gasteiger charge is -2.14. The third-order valence-corrected chi connectivity index (χ3v) is 9.63. The summed E-state index contributed by atoms with van der Waals surface area (Å²) in [6.07, 6.45) is 0. The van der Waals surface area contributed by atoms with E-state index in [1.807, 2.05) is 12.1 Å². The third kappa shape index (κ3) is 3.46. The lowest BCUT2D eigenvalue weighted by atomic mass is 10.1. The first kappa shape index (κ1) is 25.7. The Morgan fingerprint density at radius 1 is 0.362 bits per heavy atom. The second-order valence-electron chi connectivity index (χ2n) is 12.0. The van der Waals surface area contributed by atoms with Crippen molar-refractivity contribution in [3.63, 3.8) is 0 Å². The molecule has 3 heterocycles. The van der Waals surface area contributed by atoms with Gasteiger partial charge in [-0.1, -0.05) is 103 Å². The lowest BCUT2D eigenvalue weighted by molar-refractivity contribution is 1.13. The zero-order valence-corrected chi connectivity index (χ0v) is 25.3. The van der Waals surface area contributed by atoms with E-state index in [2.05, 4.69) is 164 Å². The summed E-state index contributed by atoms with van der Waals surface area (Å²) in [6, 6.07) is 55.8. The van der Waals surface area contributed by atoms with Crippen molar-refractivity contribution in [2.75, 3.05) is 0 Å². The summed E-state index contributed by atoms with van der Waals surface area (Å²) in [5, 5.41) is 6.88. The minimum absolute atomic E-state index is 0.669. The van der Waals surface area contributed by atoms with Gasteiger partial charge in [0.2, 0.25) is 0 Å². The summed E-state index contributed by atoms with van der Waals surface area (Å²) in [4.78, 5) is 3.97. The molecule has 10 rings (SSSR count). The smallest absolute Gasteiger partial charge is 0.197 e. The monoisotopic (exact) mass is 598 g/mol. The van der Waals surface area contributed by atoms with E-state index in [1.165, 1.54) is 32.6 Å². The Morgan fingerprint density at radius 2 is 0.915 bits per heavy atom. The van der Waals surface area contributed by atoms with Gasteiger partial charge in [0.1, 0.15) is 0 Å². The van der Waals surface area contributed by atoms with Crippen molar-refractivity contribution < 1.29 is 0 Å². The predicted molar refractivity (Wildman–Crippen MR) is 196 cm³/mol. The molecule has 0 saturated heterocycles. The molecule has 3 aromatic heterocycles. The van der Waals surface area contributed by atoms with Crippen LogP contribution in [0.4, 0.5) is 5.69 Å². The quantitative estimate of drug-likeness (QED) is 0.180. The van der Waals surface area contributed by atoms with Gasteiger partial charge >= 0.3 is 0 Å². The van der Waals surface area contributed by atoms with Gasteiger partial charge in [0.05, 0.1) is 39.8 Å². The number of benzene rings is 7. The molecule has 0 unspecified atom stereocenters. The van der Waals surface area contributed by atoms with E-state index in [0.717, 1.165) is 49.9 Å². The van der Waals surface area contributed by atoms with Crippen LogP contribution in [0.1, 0.15) is 0 Å². The molecule has 0 amide bonds. The van der Waals surface area contributed by atoms with E-state index in [1.54, 1.807) is 0 Å². The predicted octanol–water partition coefficient (Wildman–Crippen LogP) is 11.5. The molecule has 0 aliphatic carbocycles. The Labute approximate surface area is 270 Å². The maximum absolute atomic E-state index is 8.05. The molecule has 218 valence electrons. The molecular formula is C43H26N4. The Morgan fingerprint density at radius 3 is 1.64 bits per heavy atom. The molecule has 0 atom stereocenters. The maximum Gasteiger partial charge on any atom is 0.197 e. The van der Waals surface area contributed by atoms with Gasteiger partial charge in [-0.05, 0) is 60.0 Å². The van der Waals surface area contributed by atoms with Gasteiger partial charge in [-0.25, -0.2) is 4.85 Å². The van der Waals surface area contributed by atoms with E-state index in [4.69, 9.17) is 6.57 Å². The molecule has 0 spiro atoms. The number of aromatic nitrogens is 3. The largest absolute Gasteiger partial charge is 0.310 e. The highest BCUT2D eigenvalue weighted by Crippen LogP contribution is 2.45. The molecular weight excluding hydrogens is 573 g/mol. The molecule has 4 nitrogen and oxygen atoms in total. The highest BCUT2D eigenvalue weighted by molar-refractivity contribution is 6.28. The van der Waals surface area contributed by atoms with Crippen molar-refractivity contribution in [2.45, 2.75) is 0 Å². The van der Waals surface area contributed by atoms with Gasteiger partial charge in [0.25, 0.3) is 0 Å². The molecule has 10 aromatic rings. The highest BCUT2D eigenvalue weighted by atomic mass is 15.1. The maximum atomic E-state index is 8.05. The highest BCUT2D eigenvalue weighted by Gasteiger charge is 2.24. The summed E-state index contributed by atoms with van der Waals surface area (Å²) < 4.78 is 7.19. The molecule has 0 bridgehead atoms. The molecule has 0 aliphatic heterocycles. The zero-order valence-electron chi connectivity index (χ0n) is 25.3. The average molecular weight is 599 g/mol. The first-order valence-electron chi connectivity index (χ1n) is 15.8. The van der Waals surface area contributed by atoms with Crippen molar-refractivity contribution in [1.29, 1.82) is 0 Å². The normalized spacial score (nSPS) is 11.8. The molecule has 0 N–H and O–H groups in total. The van der Waals surface area contributed by atoms with E-state index in [9.17, 15) is 0 Å². The molecule has 0 saturated carbocycles. The fourth-order valence-electron chi connectivity index (χ4n) is 7.81. The molecule has 47 heavy (non-hydrogen) atoms. The van der Waals surface area contributed by atoms with Crippen molar-refractivity contribution >= 4 is 71.1 Å². The minimum atomic E-state index is 0.669. The van der Waals surface area contributed by atoms with E-state index >= 15 is 0 Å². The fourth-order valence-corrected chi connectivity index (χ4v) is 7.81. The Hall–Kier alpha value is -6.57. The Balaban J connectivity index is 1.43. The summed E-state index contributed by atoms with van der Waals surface area (Å²) in [5.41, 5.74) is 10.8. The number of para-hydroxylation sites is 5. The van der Waals surface area contributed by atoms with Crippen LogP contribution in [0.2, 0.25) is 0 Å². The first-order valence-corrected chi connectivity index (χ1v) is 15.8. The van der Waals surface area contributed by atoms with Gasteiger partial charge in [0, 0.05) is 43.8 Å². The van der Waals surface area contributed by atoms with Crippen LogP contribution >= 0.6 is 0 Å². The van der Waals surface area contributed by atoms with Crippen LogP contribution in [0.15, 0.2) is 158 Å². The average Bonchev–Trinajstić information content (AvgIpc) is 3.78. The number of hydrogen-bond donors (Lipinski definition) is 0. The summed E-state index contributed by atoms with van der Waals surface area (Å²) in [7, 11) is 0.